The van der Waals surface area contributed by atoms with Gasteiger partial charge in [0.15, 0.2) is 0 Å². The molecule has 2 aliphatic rings. The lowest BCUT2D eigenvalue weighted by molar-refractivity contribution is 0.301. The van der Waals surface area contributed by atoms with Crippen molar-refractivity contribution in [2.75, 3.05) is 0 Å². The molecule has 0 aromatic carbocycles. The molecule has 1 aliphatic heterocycles. The highest BCUT2D eigenvalue weighted by Gasteiger charge is 2.67. The van der Waals surface area contributed by atoms with Crippen LogP contribution in [0.5, 0.6) is 0 Å². The van der Waals surface area contributed by atoms with Crippen molar-refractivity contribution in [3.05, 3.63) is 24.3 Å². The van der Waals surface area contributed by atoms with Gasteiger partial charge in [-0.15, -0.1) is 0 Å². The third-order valence-corrected chi connectivity index (χ3v) is 3.84. The summed E-state index contributed by atoms with van der Waals surface area (Å²) in [6.45, 7) is 10.9. The molecule has 0 bridgehead atoms. The minimum atomic E-state index is 0.236. The molecule has 1 heterocycles. The Kier molecular flexibility index (Phi) is 1.72. The molecule has 2 atom stereocenters. The van der Waals surface area contributed by atoms with E-state index in [2.05, 4.69) is 44.8 Å². The normalized spacial score (nSPS) is 40.7. The summed E-state index contributed by atoms with van der Waals surface area (Å²) in [5, 5.41) is 3.61. The summed E-state index contributed by atoms with van der Waals surface area (Å²) in [6.07, 6.45) is 6.87. The summed E-state index contributed by atoms with van der Waals surface area (Å²) in [5.41, 5.74) is 1.89. The van der Waals surface area contributed by atoms with Gasteiger partial charge in [-0.2, -0.15) is 0 Å². The summed E-state index contributed by atoms with van der Waals surface area (Å²) in [7, 11) is 0. The van der Waals surface area contributed by atoms with E-state index in [1.165, 1.54) is 18.4 Å². The van der Waals surface area contributed by atoms with E-state index < -0.39 is 0 Å². The Morgan fingerprint density at radius 3 is 2.62 bits per heavy atom. The number of fused-ring (bicyclic) bond motifs is 1. The Hall–Kier alpha value is -0.560. The van der Waals surface area contributed by atoms with Crippen molar-refractivity contribution in [2.24, 2.45) is 5.41 Å². The molecule has 72 valence electrons. The topological polar surface area (TPSA) is 21.9 Å². The SMILES string of the molecule is C=C(C=CC)C12NC1CCC2(C)C. The number of nitrogens with one attached hydrogen (secondary N) is 1. The van der Waals surface area contributed by atoms with Crippen molar-refractivity contribution in [3.8, 4) is 0 Å². The van der Waals surface area contributed by atoms with Crippen LogP contribution in [0.4, 0.5) is 0 Å². The van der Waals surface area contributed by atoms with E-state index in [1.807, 2.05) is 0 Å². The molecular weight excluding hydrogens is 158 g/mol. The summed E-state index contributed by atoms with van der Waals surface area (Å²) in [4.78, 5) is 0. The quantitative estimate of drug-likeness (QED) is 0.508. The largest absolute Gasteiger partial charge is 0.301 e. The minimum Gasteiger partial charge on any atom is -0.301 e. The number of allylic oxidation sites excluding steroid dienone is 1. The van der Waals surface area contributed by atoms with Crippen LogP contribution in [0.1, 0.15) is 33.6 Å². The monoisotopic (exact) mass is 177 g/mol. The maximum absolute atomic E-state index is 4.19. The number of rotatable bonds is 2. The first-order valence-electron chi connectivity index (χ1n) is 5.14. The predicted octanol–water partition coefficient (Wildman–Crippen LogP) is 2.65. The third kappa shape index (κ3) is 0.969. The number of hydrogen-bond acceptors (Lipinski definition) is 1. The average molecular weight is 177 g/mol. The Morgan fingerprint density at radius 1 is 1.54 bits per heavy atom. The van der Waals surface area contributed by atoms with Crippen molar-refractivity contribution in [1.29, 1.82) is 0 Å². The lowest BCUT2D eigenvalue weighted by Gasteiger charge is -2.30. The van der Waals surface area contributed by atoms with Crippen LogP contribution >= 0.6 is 0 Å². The molecule has 0 amide bonds. The fraction of sp³-hybridized carbons (Fsp3) is 0.667. The van der Waals surface area contributed by atoms with Crippen LogP contribution in [0.3, 0.4) is 0 Å². The Morgan fingerprint density at radius 2 is 2.23 bits per heavy atom. The highest BCUT2D eigenvalue weighted by atomic mass is 15.3. The number of piperidine rings is 1. The molecule has 1 aliphatic carbocycles. The molecule has 1 N–H and O–H groups in total. The smallest absolute Gasteiger partial charge is 0.0639 e. The lowest BCUT2D eigenvalue weighted by Crippen LogP contribution is -2.34. The first kappa shape index (κ1) is 9.01. The molecule has 1 saturated carbocycles. The van der Waals surface area contributed by atoms with Crippen LogP contribution in [0.25, 0.3) is 0 Å². The molecule has 2 unspecified atom stereocenters. The minimum absolute atomic E-state index is 0.236. The number of hydrogen-bond donors (Lipinski definition) is 1. The van der Waals surface area contributed by atoms with Crippen LogP contribution in [0.15, 0.2) is 24.3 Å². The van der Waals surface area contributed by atoms with Crippen LogP contribution in [0.2, 0.25) is 0 Å². The second kappa shape index (κ2) is 2.48. The van der Waals surface area contributed by atoms with Gasteiger partial charge < -0.3 is 5.32 Å². The van der Waals surface area contributed by atoms with E-state index in [9.17, 15) is 0 Å². The van der Waals surface area contributed by atoms with E-state index in [0.29, 0.717) is 11.5 Å². The van der Waals surface area contributed by atoms with Crippen LogP contribution in [-0.2, 0) is 0 Å². The van der Waals surface area contributed by atoms with Gasteiger partial charge in [-0.05, 0) is 30.8 Å². The molecule has 2 rings (SSSR count). The lowest BCUT2D eigenvalue weighted by atomic mass is 9.75. The van der Waals surface area contributed by atoms with Gasteiger partial charge in [-0.3, -0.25) is 0 Å². The van der Waals surface area contributed by atoms with Crippen LogP contribution in [-0.4, -0.2) is 11.6 Å². The first-order valence-corrected chi connectivity index (χ1v) is 5.14. The Labute approximate surface area is 80.9 Å². The molecule has 1 saturated heterocycles. The van der Waals surface area contributed by atoms with Gasteiger partial charge >= 0.3 is 0 Å². The van der Waals surface area contributed by atoms with E-state index in [0.717, 1.165) is 0 Å². The Bertz CT molecular complexity index is 275. The van der Waals surface area contributed by atoms with Gasteiger partial charge in [-0.25, -0.2) is 0 Å². The highest BCUT2D eigenvalue weighted by Crippen LogP contribution is 2.58. The molecule has 0 spiro atoms. The van der Waals surface area contributed by atoms with Gasteiger partial charge in [0.05, 0.1) is 5.54 Å². The molecule has 1 nitrogen and oxygen atoms in total. The standard InChI is InChI=1S/C12H19N/c1-5-6-9(2)12-10(13-12)7-8-11(12,3)4/h5-6,10,13H,2,7-8H2,1,3-4H3. The summed E-state index contributed by atoms with van der Waals surface area (Å²) in [6, 6.07) is 0.700. The summed E-state index contributed by atoms with van der Waals surface area (Å²) >= 11 is 0. The molecule has 2 fully saturated rings. The summed E-state index contributed by atoms with van der Waals surface area (Å²) in [5.74, 6) is 0. The highest BCUT2D eigenvalue weighted by molar-refractivity contribution is 5.45. The van der Waals surface area contributed by atoms with Gasteiger partial charge in [0, 0.05) is 6.04 Å². The van der Waals surface area contributed by atoms with Crippen LogP contribution in [0, 0.1) is 5.41 Å². The van der Waals surface area contributed by atoms with Gasteiger partial charge in [0.25, 0.3) is 0 Å². The zero-order chi connectivity index (χ0) is 9.69. The molecule has 1 heteroatoms. The van der Waals surface area contributed by atoms with Crippen LogP contribution < -0.4 is 5.32 Å². The second-order valence-corrected chi connectivity index (χ2v) is 4.95. The third-order valence-electron chi connectivity index (χ3n) is 3.84. The van der Waals surface area contributed by atoms with Gasteiger partial charge in [0.1, 0.15) is 0 Å². The predicted molar refractivity (Wildman–Crippen MR) is 56.6 cm³/mol. The zero-order valence-electron chi connectivity index (χ0n) is 8.85. The van der Waals surface area contributed by atoms with Crippen molar-refractivity contribution in [1.82, 2.24) is 5.32 Å². The second-order valence-electron chi connectivity index (χ2n) is 4.95. The van der Waals surface area contributed by atoms with Crippen molar-refractivity contribution < 1.29 is 0 Å². The van der Waals surface area contributed by atoms with E-state index in [4.69, 9.17) is 0 Å². The summed E-state index contributed by atoms with van der Waals surface area (Å²) < 4.78 is 0. The van der Waals surface area contributed by atoms with Gasteiger partial charge in [0.2, 0.25) is 0 Å². The fourth-order valence-electron chi connectivity index (χ4n) is 2.97. The first-order chi connectivity index (χ1) is 6.04. The van der Waals surface area contributed by atoms with E-state index in [-0.39, 0.29) is 5.54 Å². The Balaban J connectivity index is 2.28. The molecule has 0 aromatic heterocycles. The molecule has 0 aromatic rings. The molecule has 0 radical (unpaired) electrons. The zero-order valence-corrected chi connectivity index (χ0v) is 8.85. The maximum Gasteiger partial charge on any atom is 0.0639 e. The average Bonchev–Trinajstić information content (AvgIpc) is 2.72. The van der Waals surface area contributed by atoms with Crippen molar-refractivity contribution >= 4 is 0 Å². The fourth-order valence-corrected chi connectivity index (χ4v) is 2.97. The molecular formula is C12H19N. The van der Waals surface area contributed by atoms with E-state index >= 15 is 0 Å². The van der Waals surface area contributed by atoms with Crippen molar-refractivity contribution in [3.63, 3.8) is 0 Å². The van der Waals surface area contributed by atoms with Crippen molar-refractivity contribution in [2.45, 2.75) is 45.2 Å². The van der Waals surface area contributed by atoms with Gasteiger partial charge in [-0.1, -0.05) is 32.6 Å². The molecule has 13 heavy (non-hydrogen) atoms. The van der Waals surface area contributed by atoms with E-state index in [1.54, 1.807) is 0 Å². The maximum atomic E-state index is 4.19.